The van der Waals surface area contributed by atoms with E-state index in [0.717, 1.165) is 50.1 Å². The van der Waals surface area contributed by atoms with E-state index >= 15 is 0 Å². The molecule has 9 aromatic carbocycles. The number of rotatable bonds is 5. The summed E-state index contributed by atoms with van der Waals surface area (Å²) >= 11 is 0. The molecular weight excluding hydrogens is 607 g/mol. The van der Waals surface area contributed by atoms with Crippen molar-refractivity contribution in [2.45, 2.75) is 0 Å². The highest BCUT2D eigenvalue weighted by molar-refractivity contribution is 6.20. The van der Waals surface area contributed by atoms with Crippen LogP contribution in [0.25, 0.3) is 76.5 Å². The Morgan fingerprint density at radius 3 is 1.58 bits per heavy atom. The standard InChI is InChI=1S/C48H31NO/c1-3-16-36(17-4-1)49(37-18-5-2-6-19-37)45-25-13-24-42-44-31-35-15-8-10-21-39(35)46(48(44)50-47(42)45)33-28-26-32(27-29-33)43-30-34-14-7-9-20-38(34)40-22-11-12-23-41(40)43/h1-31H. The fourth-order valence-electron chi connectivity index (χ4n) is 7.73. The molecule has 0 radical (unpaired) electrons. The molecular formula is C48H31NO. The summed E-state index contributed by atoms with van der Waals surface area (Å²) in [6.07, 6.45) is 0. The van der Waals surface area contributed by atoms with Gasteiger partial charge in [0, 0.05) is 27.7 Å². The van der Waals surface area contributed by atoms with E-state index in [-0.39, 0.29) is 0 Å². The molecule has 1 aromatic heterocycles. The van der Waals surface area contributed by atoms with E-state index < -0.39 is 0 Å². The topological polar surface area (TPSA) is 16.4 Å². The molecule has 0 saturated carbocycles. The molecule has 50 heavy (non-hydrogen) atoms. The van der Waals surface area contributed by atoms with Gasteiger partial charge in [-0.25, -0.2) is 0 Å². The van der Waals surface area contributed by atoms with Gasteiger partial charge < -0.3 is 9.32 Å². The fourth-order valence-corrected chi connectivity index (χ4v) is 7.73. The SMILES string of the molecule is c1ccc(N(c2ccccc2)c2cccc3c2oc2c(-c4ccc(-c5cc6ccccc6c6ccccc56)cc4)c4ccccc4cc23)cc1. The summed E-state index contributed by atoms with van der Waals surface area (Å²) < 4.78 is 7.08. The first-order chi connectivity index (χ1) is 24.8. The monoisotopic (exact) mass is 637 g/mol. The van der Waals surface area contributed by atoms with Gasteiger partial charge in [-0.2, -0.15) is 0 Å². The van der Waals surface area contributed by atoms with E-state index in [0.29, 0.717) is 0 Å². The molecule has 0 bridgehead atoms. The summed E-state index contributed by atoms with van der Waals surface area (Å²) in [5.41, 5.74) is 9.60. The van der Waals surface area contributed by atoms with Crippen LogP contribution in [0.2, 0.25) is 0 Å². The van der Waals surface area contributed by atoms with Crippen LogP contribution >= 0.6 is 0 Å². The van der Waals surface area contributed by atoms with Crippen molar-refractivity contribution in [3.05, 3.63) is 188 Å². The summed E-state index contributed by atoms with van der Waals surface area (Å²) in [6, 6.07) is 67.2. The van der Waals surface area contributed by atoms with E-state index in [2.05, 4.69) is 193 Å². The summed E-state index contributed by atoms with van der Waals surface area (Å²) in [6.45, 7) is 0. The minimum absolute atomic E-state index is 0.867. The van der Waals surface area contributed by atoms with Crippen molar-refractivity contribution in [1.29, 1.82) is 0 Å². The second-order valence-corrected chi connectivity index (χ2v) is 12.9. The molecule has 0 atom stereocenters. The Morgan fingerprint density at radius 2 is 0.880 bits per heavy atom. The summed E-state index contributed by atoms with van der Waals surface area (Å²) in [7, 11) is 0. The molecule has 0 saturated heterocycles. The summed E-state index contributed by atoms with van der Waals surface area (Å²) in [5, 5.41) is 9.64. The normalized spacial score (nSPS) is 11.6. The third-order valence-electron chi connectivity index (χ3n) is 10.0. The molecule has 234 valence electrons. The van der Waals surface area contributed by atoms with Crippen LogP contribution in [0.5, 0.6) is 0 Å². The van der Waals surface area contributed by atoms with Crippen molar-refractivity contribution in [3.63, 3.8) is 0 Å². The number of anilines is 3. The Bertz CT molecular complexity index is 2810. The zero-order chi connectivity index (χ0) is 33.0. The Morgan fingerprint density at radius 1 is 0.340 bits per heavy atom. The van der Waals surface area contributed by atoms with Crippen LogP contribution in [-0.2, 0) is 0 Å². The van der Waals surface area contributed by atoms with Crippen LogP contribution in [0, 0.1) is 0 Å². The van der Waals surface area contributed by atoms with Crippen molar-refractivity contribution in [2.75, 3.05) is 4.90 Å². The maximum absolute atomic E-state index is 7.08. The summed E-state index contributed by atoms with van der Waals surface area (Å²) in [4.78, 5) is 2.28. The highest BCUT2D eigenvalue weighted by Crippen LogP contribution is 2.46. The van der Waals surface area contributed by atoms with Crippen molar-refractivity contribution < 1.29 is 4.42 Å². The minimum atomic E-state index is 0.867. The second-order valence-electron chi connectivity index (χ2n) is 12.9. The Labute approximate surface area is 290 Å². The van der Waals surface area contributed by atoms with Gasteiger partial charge in [0.1, 0.15) is 5.58 Å². The lowest BCUT2D eigenvalue weighted by atomic mass is 9.91. The lowest BCUT2D eigenvalue weighted by Gasteiger charge is -2.25. The molecule has 2 nitrogen and oxygen atoms in total. The first-order valence-corrected chi connectivity index (χ1v) is 17.1. The molecule has 0 amide bonds. The molecule has 0 aliphatic rings. The van der Waals surface area contributed by atoms with Crippen LogP contribution in [0.4, 0.5) is 17.1 Å². The molecule has 2 heteroatoms. The molecule has 0 unspecified atom stereocenters. The van der Waals surface area contributed by atoms with Gasteiger partial charge in [0.2, 0.25) is 0 Å². The molecule has 0 aliphatic carbocycles. The van der Waals surface area contributed by atoms with Crippen molar-refractivity contribution >= 4 is 71.3 Å². The Kier molecular flexibility index (Phi) is 6.53. The van der Waals surface area contributed by atoms with Crippen molar-refractivity contribution in [2.24, 2.45) is 0 Å². The third-order valence-corrected chi connectivity index (χ3v) is 10.0. The highest BCUT2D eigenvalue weighted by Gasteiger charge is 2.22. The van der Waals surface area contributed by atoms with Gasteiger partial charge in [0.05, 0.1) is 5.69 Å². The average molecular weight is 638 g/mol. The predicted octanol–water partition coefficient (Wildman–Crippen LogP) is 13.8. The molecule has 0 fully saturated rings. The zero-order valence-electron chi connectivity index (χ0n) is 27.3. The molecule has 0 aliphatic heterocycles. The maximum atomic E-state index is 7.08. The Balaban J connectivity index is 1.19. The molecule has 10 aromatic rings. The highest BCUT2D eigenvalue weighted by atomic mass is 16.3. The number of hydrogen-bond donors (Lipinski definition) is 0. The lowest BCUT2D eigenvalue weighted by molar-refractivity contribution is 0.670. The zero-order valence-corrected chi connectivity index (χ0v) is 27.3. The van der Waals surface area contributed by atoms with Gasteiger partial charge in [-0.1, -0.05) is 146 Å². The molecule has 0 N–H and O–H groups in total. The van der Waals surface area contributed by atoms with E-state index in [9.17, 15) is 0 Å². The predicted molar refractivity (Wildman–Crippen MR) is 212 cm³/mol. The lowest BCUT2D eigenvalue weighted by Crippen LogP contribution is -2.09. The number of benzene rings is 9. The first-order valence-electron chi connectivity index (χ1n) is 17.1. The molecule has 0 spiro atoms. The summed E-state index contributed by atoms with van der Waals surface area (Å²) in [5.74, 6) is 0. The minimum Gasteiger partial charge on any atom is -0.453 e. The van der Waals surface area contributed by atoms with Crippen LogP contribution in [-0.4, -0.2) is 0 Å². The van der Waals surface area contributed by atoms with E-state index in [1.54, 1.807) is 0 Å². The van der Waals surface area contributed by atoms with Gasteiger partial charge in [0.15, 0.2) is 5.58 Å². The van der Waals surface area contributed by atoms with Crippen molar-refractivity contribution in [3.8, 4) is 22.3 Å². The van der Waals surface area contributed by atoms with E-state index in [1.165, 1.54) is 43.4 Å². The number of fused-ring (bicyclic) bond motifs is 7. The number of hydrogen-bond acceptors (Lipinski definition) is 2. The largest absolute Gasteiger partial charge is 0.453 e. The average Bonchev–Trinajstić information content (AvgIpc) is 3.56. The van der Waals surface area contributed by atoms with Gasteiger partial charge in [0.25, 0.3) is 0 Å². The van der Waals surface area contributed by atoms with Gasteiger partial charge in [-0.15, -0.1) is 0 Å². The van der Waals surface area contributed by atoms with Crippen LogP contribution in [0.1, 0.15) is 0 Å². The van der Waals surface area contributed by atoms with Crippen LogP contribution in [0.15, 0.2) is 192 Å². The van der Waals surface area contributed by atoms with Crippen molar-refractivity contribution in [1.82, 2.24) is 0 Å². The quantitative estimate of drug-likeness (QED) is 0.175. The third kappa shape index (κ3) is 4.50. The van der Waals surface area contributed by atoms with E-state index in [4.69, 9.17) is 4.42 Å². The Hall–Kier alpha value is -6.64. The molecule has 1 heterocycles. The van der Waals surface area contributed by atoms with Gasteiger partial charge in [-0.3, -0.25) is 0 Å². The van der Waals surface area contributed by atoms with Crippen LogP contribution in [0.3, 0.4) is 0 Å². The van der Waals surface area contributed by atoms with Gasteiger partial charge >= 0.3 is 0 Å². The maximum Gasteiger partial charge on any atom is 0.159 e. The van der Waals surface area contributed by atoms with Gasteiger partial charge in [-0.05, 0) is 91.5 Å². The smallest absolute Gasteiger partial charge is 0.159 e. The first kappa shape index (κ1) is 28.4. The fraction of sp³-hybridized carbons (Fsp3) is 0. The number of nitrogens with zero attached hydrogens (tertiary/aromatic N) is 1. The number of para-hydroxylation sites is 3. The molecule has 10 rings (SSSR count). The van der Waals surface area contributed by atoms with Crippen LogP contribution < -0.4 is 4.90 Å². The number of furan rings is 1. The van der Waals surface area contributed by atoms with E-state index in [1.807, 2.05) is 0 Å². The second kappa shape index (κ2) is 11.5.